The summed E-state index contributed by atoms with van der Waals surface area (Å²) in [4.78, 5) is 14.6. The molecule has 0 aliphatic heterocycles. The van der Waals surface area contributed by atoms with Crippen LogP contribution in [0.1, 0.15) is 60.3 Å². The second-order valence-corrected chi connectivity index (χ2v) is 23.3. The molecule has 0 saturated heterocycles. The summed E-state index contributed by atoms with van der Waals surface area (Å²) in [6.45, 7) is 13.3. The van der Waals surface area contributed by atoms with Crippen molar-refractivity contribution in [1.82, 2.24) is 19.5 Å². The van der Waals surface area contributed by atoms with Crippen LogP contribution >= 0.6 is 0 Å². The Morgan fingerprint density at radius 3 is 2.12 bits per heavy atom. The molecule has 0 spiro atoms. The van der Waals surface area contributed by atoms with Crippen LogP contribution in [0.15, 0.2) is 148 Å². The summed E-state index contributed by atoms with van der Waals surface area (Å²) in [5, 5.41) is 3.44. The van der Waals surface area contributed by atoms with Gasteiger partial charge >= 0.3 is 0 Å². The van der Waals surface area contributed by atoms with Crippen molar-refractivity contribution in [3.05, 3.63) is 174 Å². The zero-order valence-corrected chi connectivity index (χ0v) is 41.1. The molecule has 11 aromatic rings. The van der Waals surface area contributed by atoms with Crippen molar-refractivity contribution in [3.63, 3.8) is 0 Å². The number of hydrogen-bond acceptors (Lipinski definition) is 5. The van der Waals surface area contributed by atoms with Gasteiger partial charge in [-0.25, -0.2) is 4.98 Å². The van der Waals surface area contributed by atoms with Crippen molar-refractivity contribution in [3.8, 4) is 39.5 Å². The molecule has 11 rings (SSSR count). The number of nitrogens with zero attached hydrogens (tertiary/aromatic N) is 4. The second kappa shape index (κ2) is 17.7. The summed E-state index contributed by atoms with van der Waals surface area (Å²) >= 11 is 0. The minimum atomic E-state index is -2.45. The predicted octanol–water partition coefficient (Wildman–Crippen LogP) is 15.1. The standard InChI is InChI=1S/C43H34N3O2.C14H15FNSi.Ir/c1-24(2)31-21-28(27-13-7-6-8-14-27)22-32(25(3)4)40(31)46-35-17-11-10-16-34(35)44-42(46)30-20-19-26(5)38-39-37(47-41(30)38)23-33-29-15-9-12-18-36(29)48-43(33)45-39;1-17(2,3)13-8-9-14(16-10-13)11-4-6-12(15)7-5-11;/h6-19,21-25H,1-5H3;4,6-10H,1-3H3;/q2*-1;/i5D3;;. The van der Waals surface area contributed by atoms with Crippen LogP contribution in [-0.2, 0) is 20.1 Å². The first-order chi connectivity index (χ1) is 32.5. The number of aryl methyl sites for hydroxylation is 1. The molecule has 0 fully saturated rings. The maximum Gasteiger partial charge on any atom is 0.228 e. The van der Waals surface area contributed by atoms with Gasteiger partial charge in [-0.05, 0) is 86.8 Å². The maximum atomic E-state index is 12.8. The SMILES string of the molecule is C[Si](C)(C)c1ccc(-c2[c-]cc(F)cc2)nc1.[2H]C([2H])([2H])c1c[c-]c(-c2nc3ccccc3n2-c2c(C(C)C)cc(-c3ccccc3)cc2C(C)C)c2oc3cc4c(nc3c12)oc1ccccc14.[Ir]. The molecule has 0 atom stereocenters. The van der Waals surface area contributed by atoms with E-state index in [-0.39, 0.29) is 43.3 Å². The molecule has 66 heavy (non-hydrogen) atoms. The van der Waals surface area contributed by atoms with E-state index >= 15 is 0 Å². The minimum Gasteiger partial charge on any atom is -0.499 e. The van der Waals surface area contributed by atoms with Gasteiger partial charge in [-0.2, -0.15) is 0 Å². The van der Waals surface area contributed by atoms with Crippen LogP contribution in [0.3, 0.4) is 0 Å². The maximum absolute atomic E-state index is 12.8. The van der Waals surface area contributed by atoms with E-state index in [0.717, 1.165) is 49.9 Å². The molecule has 5 aromatic heterocycles. The Morgan fingerprint density at radius 2 is 1.44 bits per heavy atom. The molecule has 9 heteroatoms. The predicted molar refractivity (Wildman–Crippen MR) is 267 cm³/mol. The smallest absolute Gasteiger partial charge is 0.228 e. The number of pyridine rings is 2. The van der Waals surface area contributed by atoms with E-state index < -0.39 is 14.9 Å². The summed E-state index contributed by atoms with van der Waals surface area (Å²) in [5.74, 6) is 0.700. The van der Waals surface area contributed by atoms with Gasteiger partial charge < -0.3 is 18.4 Å². The van der Waals surface area contributed by atoms with Crippen molar-refractivity contribution in [1.29, 1.82) is 0 Å². The number of rotatable bonds is 7. The average Bonchev–Trinajstić information content (AvgIpc) is 4.01. The molecule has 0 aliphatic rings. The third kappa shape index (κ3) is 8.10. The Bertz CT molecular complexity index is 3640. The molecule has 0 unspecified atom stereocenters. The van der Waals surface area contributed by atoms with Crippen LogP contribution in [-0.4, -0.2) is 27.6 Å². The third-order valence-electron chi connectivity index (χ3n) is 12.1. The number of imidazole rings is 1. The molecule has 1 radical (unpaired) electrons. The first-order valence-electron chi connectivity index (χ1n) is 23.5. The van der Waals surface area contributed by atoms with Crippen molar-refractivity contribution in [2.24, 2.45) is 0 Å². The van der Waals surface area contributed by atoms with E-state index in [2.05, 4.69) is 118 Å². The van der Waals surface area contributed by atoms with Crippen LogP contribution in [0.2, 0.25) is 19.6 Å². The van der Waals surface area contributed by atoms with Crippen molar-refractivity contribution < 1.29 is 37.4 Å². The largest absolute Gasteiger partial charge is 0.499 e. The van der Waals surface area contributed by atoms with E-state index in [4.69, 9.17) is 22.9 Å². The Labute approximate surface area is 403 Å². The first kappa shape index (κ1) is 41.0. The fourth-order valence-electron chi connectivity index (χ4n) is 8.63. The molecular weight excluding hydrogens is 1010 g/mol. The third-order valence-corrected chi connectivity index (χ3v) is 14.1. The van der Waals surface area contributed by atoms with E-state index in [1.165, 1.54) is 28.4 Å². The van der Waals surface area contributed by atoms with E-state index in [1.807, 2.05) is 66.9 Å². The zero-order chi connectivity index (χ0) is 47.6. The van der Waals surface area contributed by atoms with Gasteiger partial charge in [0.1, 0.15) is 16.7 Å². The van der Waals surface area contributed by atoms with Crippen LogP contribution in [0.5, 0.6) is 0 Å². The van der Waals surface area contributed by atoms with Gasteiger partial charge in [-0.3, -0.25) is 9.37 Å². The van der Waals surface area contributed by atoms with Gasteiger partial charge in [0.25, 0.3) is 0 Å². The van der Waals surface area contributed by atoms with Crippen molar-refractivity contribution >= 4 is 68.4 Å². The van der Waals surface area contributed by atoms with Crippen molar-refractivity contribution in [2.75, 3.05) is 0 Å². The van der Waals surface area contributed by atoms with Gasteiger partial charge in [-0.1, -0.05) is 133 Å². The minimum absolute atomic E-state index is 0. The summed E-state index contributed by atoms with van der Waals surface area (Å²) < 4.78 is 53.3. The van der Waals surface area contributed by atoms with Gasteiger partial charge in [0, 0.05) is 47.3 Å². The van der Waals surface area contributed by atoms with Crippen LogP contribution in [0.25, 0.3) is 94.6 Å². The Balaban J connectivity index is 0.000000279. The fraction of sp³-hybridized carbons (Fsp3) is 0.175. The quantitative estimate of drug-likeness (QED) is 0.117. The topological polar surface area (TPSA) is 69.9 Å². The number of aromatic nitrogens is 4. The summed E-state index contributed by atoms with van der Waals surface area (Å²) in [5.41, 5.74) is 12.2. The molecular formula is C57H49FIrN4O2Si-2. The number of furan rings is 2. The molecule has 6 nitrogen and oxygen atoms in total. The molecule has 6 aromatic carbocycles. The normalized spacial score (nSPS) is 12.7. The molecule has 5 heterocycles. The zero-order valence-electron chi connectivity index (χ0n) is 40.8. The fourth-order valence-corrected chi connectivity index (χ4v) is 9.66. The van der Waals surface area contributed by atoms with E-state index in [1.54, 1.807) is 12.1 Å². The monoisotopic (exact) mass is 1060 g/mol. The molecule has 331 valence electrons. The van der Waals surface area contributed by atoms with Gasteiger partial charge in [-0.15, -0.1) is 47.5 Å². The number of hydrogen-bond donors (Lipinski definition) is 0. The first-order valence-corrected chi connectivity index (χ1v) is 25.5. The number of fused-ring (bicyclic) bond motifs is 7. The summed E-state index contributed by atoms with van der Waals surface area (Å²) in [6, 6.07) is 49.1. The molecule has 0 amide bonds. The molecule has 0 saturated carbocycles. The Hall–Kier alpha value is -6.51. The molecule has 0 bridgehead atoms. The number of halogens is 1. The Morgan fingerprint density at radius 1 is 0.712 bits per heavy atom. The van der Waals surface area contributed by atoms with Crippen LogP contribution < -0.4 is 5.19 Å². The number of para-hydroxylation sites is 3. The van der Waals surface area contributed by atoms with Gasteiger partial charge in [0.15, 0.2) is 0 Å². The van der Waals surface area contributed by atoms with Gasteiger partial charge in [0.2, 0.25) is 5.71 Å². The second-order valence-electron chi connectivity index (χ2n) is 18.2. The number of benzene rings is 6. The van der Waals surface area contributed by atoms with E-state index in [9.17, 15) is 4.39 Å². The van der Waals surface area contributed by atoms with Crippen LogP contribution in [0, 0.1) is 24.8 Å². The molecule has 0 N–H and O–H groups in total. The summed E-state index contributed by atoms with van der Waals surface area (Å²) in [7, 11) is -1.30. The van der Waals surface area contributed by atoms with Crippen LogP contribution in [0.4, 0.5) is 4.39 Å². The van der Waals surface area contributed by atoms with Crippen molar-refractivity contribution in [2.45, 2.75) is 66.0 Å². The molecule has 0 aliphatic carbocycles. The average molecular weight is 1060 g/mol. The van der Waals surface area contributed by atoms with Gasteiger partial charge in [0.05, 0.1) is 35.9 Å². The Kier molecular flexibility index (Phi) is 11.0. The van der Waals surface area contributed by atoms with E-state index in [0.29, 0.717) is 44.8 Å². The summed E-state index contributed by atoms with van der Waals surface area (Å²) in [6.07, 6.45) is 1.93.